The summed E-state index contributed by atoms with van der Waals surface area (Å²) in [7, 11) is 0. The summed E-state index contributed by atoms with van der Waals surface area (Å²) in [4.78, 5) is 16.3. The second kappa shape index (κ2) is 4.68. The van der Waals surface area contributed by atoms with Crippen molar-refractivity contribution in [3.63, 3.8) is 0 Å². The number of nitrogens with zero attached hydrogens (tertiary/aromatic N) is 2. The summed E-state index contributed by atoms with van der Waals surface area (Å²) >= 11 is 3.35. The van der Waals surface area contributed by atoms with Crippen LogP contribution in [0.5, 0.6) is 0 Å². The fourth-order valence-corrected chi connectivity index (χ4v) is 2.01. The van der Waals surface area contributed by atoms with Gasteiger partial charge in [0.2, 0.25) is 0 Å². The van der Waals surface area contributed by atoms with Crippen LogP contribution in [-0.2, 0) is 10.1 Å². The van der Waals surface area contributed by atoms with E-state index in [-0.39, 0.29) is 5.97 Å². The van der Waals surface area contributed by atoms with Crippen LogP contribution in [0, 0.1) is 0 Å². The molecule has 18 heavy (non-hydrogen) atoms. The van der Waals surface area contributed by atoms with Gasteiger partial charge in [0.15, 0.2) is 5.65 Å². The minimum Gasteiger partial charge on any atom is -0.456 e. The molecule has 0 atom stereocenters. The number of rotatable bonds is 2. The topological polar surface area (TPSA) is 67.9 Å². The van der Waals surface area contributed by atoms with Crippen LogP contribution in [0.25, 0.3) is 11.0 Å². The van der Waals surface area contributed by atoms with Crippen LogP contribution in [0.1, 0.15) is 36.8 Å². The number of alkyl halides is 1. The highest BCUT2D eigenvalue weighted by Gasteiger charge is 2.22. The Morgan fingerprint density at radius 2 is 2.22 bits per heavy atom. The van der Waals surface area contributed by atoms with Crippen LogP contribution in [0.2, 0.25) is 0 Å². The standard InChI is InChI=1S/C12H14BrN3O2/c1-12(2,3)18-11(17)7-4-5-14-10-9(7)8(6-13)15-16-10/h4-5H,6H2,1-3H3,(H,14,15,16). The molecular weight excluding hydrogens is 298 g/mol. The van der Waals surface area contributed by atoms with Gasteiger partial charge in [-0.2, -0.15) is 5.10 Å². The number of carbonyl (C=O) groups excluding carboxylic acids is 1. The van der Waals surface area contributed by atoms with Crippen molar-refractivity contribution in [2.75, 3.05) is 0 Å². The number of H-pyrrole nitrogens is 1. The van der Waals surface area contributed by atoms with Gasteiger partial charge in [-0.15, -0.1) is 0 Å². The van der Waals surface area contributed by atoms with E-state index in [0.29, 0.717) is 21.9 Å². The Hall–Kier alpha value is -1.43. The molecule has 0 fully saturated rings. The number of fused-ring (bicyclic) bond motifs is 1. The third-order valence-corrected chi connectivity index (χ3v) is 2.84. The summed E-state index contributed by atoms with van der Waals surface area (Å²) in [5.41, 5.74) is 1.30. The van der Waals surface area contributed by atoms with Crippen molar-refractivity contribution >= 4 is 32.9 Å². The molecule has 2 aromatic heterocycles. The predicted octanol–water partition coefficient (Wildman–Crippen LogP) is 2.81. The fraction of sp³-hybridized carbons (Fsp3) is 0.417. The Labute approximate surface area is 113 Å². The molecule has 2 aromatic rings. The molecule has 0 aromatic carbocycles. The Bertz CT molecular complexity index is 587. The number of ether oxygens (including phenoxy) is 1. The predicted molar refractivity (Wildman–Crippen MR) is 71.7 cm³/mol. The average molecular weight is 312 g/mol. The van der Waals surface area contributed by atoms with Crippen molar-refractivity contribution in [2.24, 2.45) is 0 Å². The van der Waals surface area contributed by atoms with Gasteiger partial charge < -0.3 is 4.74 Å². The first-order valence-electron chi connectivity index (χ1n) is 5.53. The van der Waals surface area contributed by atoms with E-state index in [1.807, 2.05) is 20.8 Å². The second-order valence-corrected chi connectivity index (χ2v) is 5.46. The molecule has 2 heterocycles. The van der Waals surface area contributed by atoms with Gasteiger partial charge in [0.05, 0.1) is 16.6 Å². The molecule has 1 N–H and O–H groups in total. The smallest absolute Gasteiger partial charge is 0.339 e. The van der Waals surface area contributed by atoms with Crippen molar-refractivity contribution in [1.29, 1.82) is 0 Å². The number of esters is 1. The number of aromatic nitrogens is 3. The third kappa shape index (κ3) is 2.53. The van der Waals surface area contributed by atoms with E-state index in [9.17, 15) is 4.79 Å². The average Bonchev–Trinajstić information content (AvgIpc) is 2.69. The van der Waals surface area contributed by atoms with Crippen molar-refractivity contribution in [3.05, 3.63) is 23.5 Å². The highest BCUT2D eigenvalue weighted by molar-refractivity contribution is 9.08. The van der Waals surface area contributed by atoms with Gasteiger partial charge in [-0.05, 0) is 26.8 Å². The van der Waals surface area contributed by atoms with E-state index < -0.39 is 5.60 Å². The molecule has 96 valence electrons. The maximum Gasteiger partial charge on any atom is 0.339 e. The number of hydrogen-bond acceptors (Lipinski definition) is 4. The molecule has 0 aliphatic carbocycles. The second-order valence-electron chi connectivity index (χ2n) is 4.89. The number of carbonyl (C=O) groups is 1. The zero-order valence-electron chi connectivity index (χ0n) is 10.5. The Balaban J connectivity index is 2.50. The summed E-state index contributed by atoms with van der Waals surface area (Å²) in [6, 6.07) is 1.65. The van der Waals surface area contributed by atoms with Gasteiger partial charge in [0.1, 0.15) is 5.60 Å². The van der Waals surface area contributed by atoms with Crippen LogP contribution >= 0.6 is 15.9 Å². The van der Waals surface area contributed by atoms with Crippen LogP contribution in [0.3, 0.4) is 0 Å². The number of hydrogen-bond donors (Lipinski definition) is 1. The maximum absolute atomic E-state index is 12.1. The van der Waals surface area contributed by atoms with Crippen LogP contribution < -0.4 is 0 Å². The van der Waals surface area contributed by atoms with E-state index in [2.05, 4.69) is 31.1 Å². The quantitative estimate of drug-likeness (QED) is 0.684. The lowest BCUT2D eigenvalue weighted by molar-refractivity contribution is 0.00717. The molecule has 0 saturated carbocycles. The highest BCUT2D eigenvalue weighted by atomic mass is 79.9. The number of pyridine rings is 1. The normalized spacial score (nSPS) is 11.8. The first-order valence-corrected chi connectivity index (χ1v) is 6.66. The van der Waals surface area contributed by atoms with Gasteiger partial charge in [0, 0.05) is 11.5 Å². The number of halogens is 1. The van der Waals surface area contributed by atoms with Crippen molar-refractivity contribution in [2.45, 2.75) is 31.7 Å². The zero-order chi connectivity index (χ0) is 13.3. The minimum atomic E-state index is -0.523. The summed E-state index contributed by atoms with van der Waals surface area (Å²) in [6.07, 6.45) is 1.56. The Kier molecular flexibility index (Phi) is 3.38. The Morgan fingerprint density at radius 1 is 1.50 bits per heavy atom. The van der Waals surface area contributed by atoms with E-state index in [0.717, 1.165) is 5.69 Å². The molecule has 0 amide bonds. The van der Waals surface area contributed by atoms with Gasteiger partial charge in [-0.25, -0.2) is 9.78 Å². The lowest BCUT2D eigenvalue weighted by Gasteiger charge is -2.19. The lowest BCUT2D eigenvalue weighted by atomic mass is 10.1. The van der Waals surface area contributed by atoms with Crippen LogP contribution in [0.4, 0.5) is 0 Å². The maximum atomic E-state index is 12.1. The molecule has 0 aliphatic heterocycles. The monoisotopic (exact) mass is 311 g/mol. The van der Waals surface area contributed by atoms with Gasteiger partial charge in [-0.3, -0.25) is 5.10 Å². The lowest BCUT2D eigenvalue weighted by Crippen LogP contribution is -2.24. The van der Waals surface area contributed by atoms with Crippen LogP contribution in [-0.4, -0.2) is 26.8 Å². The molecule has 0 spiro atoms. The Morgan fingerprint density at radius 3 is 2.83 bits per heavy atom. The molecular formula is C12H14BrN3O2. The highest BCUT2D eigenvalue weighted by Crippen LogP contribution is 2.23. The SMILES string of the molecule is CC(C)(C)OC(=O)c1ccnc2n[nH]c(CBr)c12. The molecule has 0 radical (unpaired) electrons. The fourth-order valence-electron chi connectivity index (χ4n) is 1.61. The first-order chi connectivity index (χ1) is 8.42. The third-order valence-electron chi connectivity index (χ3n) is 2.28. The summed E-state index contributed by atoms with van der Waals surface area (Å²) < 4.78 is 5.38. The van der Waals surface area contributed by atoms with E-state index >= 15 is 0 Å². The largest absolute Gasteiger partial charge is 0.456 e. The summed E-state index contributed by atoms with van der Waals surface area (Å²) in [5.74, 6) is -0.362. The van der Waals surface area contributed by atoms with E-state index in [1.54, 1.807) is 12.3 Å². The van der Waals surface area contributed by atoms with Gasteiger partial charge in [0.25, 0.3) is 0 Å². The van der Waals surface area contributed by atoms with Crippen LogP contribution in [0.15, 0.2) is 12.3 Å². The van der Waals surface area contributed by atoms with E-state index in [1.165, 1.54) is 0 Å². The molecule has 0 aliphatic rings. The zero-order valence-corrected chi connectivity index (χ0v) is 12.0. The molecule has 2 rings (SSSR count). The van der Waals surface area contributed by atoms with Gasteiger partial charge >= 0.3 is 5.97 Å². The first kappa shape index (κ1) is 13.0. The summed E-state index contributed by atoms with van der Waals surface area (Å²) in [5, 5.41) is 8.20. The number of nitrogens with one attached hydrogen (secondary N) is 1. The van der Waals surface area contributed by atoms with E-state index in [4.69, 9.17) is 4.74 Å². The van der Waals surface area contributed by atoms with Crippen molar-refractivity contribution in [3.8, 4) is 0 Å². The van der Waals surface area contributed by atoms with Crippen molar-refractivity contribution < 1.29 is 9.53 Å². The molecule has 6 heteroatoms. The molecule has 5 nitrogen and oxygen atoms in total. The van der Waals surface area contributed by atoms with Crippen molar-refractivity contribution in [1.82, 2.24) is 15.2 Å². The molecule has 0 unspecified atom stereocenters. The number of aromatic amines is 1. The minimum absolute atomic E-state index is 0.362. The molecule has 0 bridgehead atoms. The summed E-state index contributed by atoms with van der Waals surface area (Å²) in [6.45, 7) is 5.51. The molecule has 0 saturated heterocycles. The van der Waals surface area contributed by atoms with Gasteiger partial charge in [-0.1, -0.05) is 15.9 Å².